The Morgan fingerprint density at radius 2 is 1.90 bits per heavy atom. The molecule has 0 unspecified atom stereocenters. The molecule has 30 heavy (non-hydrogen) atoms. The lowest BCUT2D eigenvalue weighted by Crippen LogP contribution is -2.56. The fourth-order valence-corrected chi connectivity index (χ4v) is 4.46. The molecule has 0 aromatic heterocycles. The Balaban J connectivity index is 1.64. The zero-order valence-electron chi connectivity index (χ0n) is 16.3. The van der Waals surface area contributed by atoms with Crippen LogP contribution in [0.5, 0.6) is 5.75 Å². The van der Waals surface area contributed by atoms with Crippen LogP contribution in [0.3, 0.4) is 0 Å². The van der Waals surface area contributed by atoms with Crippen LogP contribution in [-0.4, -0.2) is 58.9 Å². The lowest BCUT2D eigenvalue weighted by atomic mass is 9.93. The normalized spacial score (nSPS) is 23.3. The van der Waals surface area contributed by atoms with E-state index in [1.165, 1.54) is 12.0 Å². The summed E-state index contributed by atoms with van der Waals surface area (Å²) in [6.07, 6.45) is 0.338. The van der Waals surface area contributed by atoms with Gasteiger partial charge in [-0.25, -0.2) is 4.39 Å². The number of rotatable bonds is 3. The first-order chi connectivity index (χ1) is 14.4. The molecule has 4 rings (SSSR count). The smallest absolute Gasteiger partial charge is 0.311 e. The summed E-state index contributed by atoms with van der Waals surface area (Å²) in [5, 5.41) is 9.61. The third-order valence-electron chi connectivity index (χ3n) is 5.76. The molecule has 0 bridgehead atoms. The van der Waals surface area contributed by atoms with Crippen LogP contribution < -0.4 is 0 Å². The molecular weight excluding hydrogens is 391 g/mol. The molecule has 0 aliphatic carbocycles. The molecule has 0 spiro atoms. The van der Waals surface area contributed by atoms with Gasteiger partial charge >= 0.3 is 5.97 Å². The first-order valence-corrected chi connectivity index (χ1v) is 9.62. The number of ether oxygens (including phenoxy) is 1. The van der Waals surface area contributed by atoms with Gasteiger partial charge in [-0.1, -0.05) is 30.3 Å². The number of carbonyl (C=O) groups is 3. The molecule has 0 saturated carbocycles. The highest BCUT2D eigenvalue weighted by molar-refractivity contribution is 5.98. The molecule has 7 nitrogen and oxygen atoms in total. The van der Waals surface area contributed by atoms with Crippen molar-refractivity contribution in [3.63, 3.8) is 0 Å². The molecule has 3 atom stereocenters. The predicted octanol–water partition coefficient (Wildman–Crippen LogP) is 2.12. The zero-order valence-corrected chi connectivity index (χ0v) is 16.3. The summed E-state index contributed by atoms with van der Waals surface area (Å²) in [7, 11) is 1.31. The topological polar surface area (TPSA) is 87.1 Å². The second-order valence-corrected chi connectivity index (χ2v) is 7.53. The van der Waals surface area contributed by atoms with Gasteiger partial charge in [-0.15, -0.1) is 0 Å². The highest BCUT2D eigenvalue weighted by Crippen LogP contribution is 2.43. The Morgan fingerprint density at radius 3 is 2.60 bits per heavy atom. The number of hydrogen-bond donors (Lipinski definition) is 1. The predicted molar refractivity (Wildman–Crippen MR) is 104 cm³/mol. The molecule has 2 aliphatic rings. The lowest BCUT2D eigenvalue weighted by Gasteiger charge is -2.40. The molecule has 2 aromatic rings. The maximum Gasteiger partial charge on any atom is 0.311 e. The van der Waals surface area contributed by atoms with Crippen LogP contribution in [0.4, 0.5) is 4.39 Å². The van der Waals surface area contributed by atoms with Crippen molar-refractivity contribution in [2.45, 2.75) is 18.5 Å². The Kier molecular flexibility index (Phi) is 5.15. The number of phenolic OH excluding ortho intramolecular Hbond substituents is 1. The van der Waals surface area contributed by atoms with Crippen LogP contribution in [0.2, 0.25) is 0 Å². The number of carbonyl (C=O) groups excluding carboxylic acids is 3. The number of amides is 2. The van der Waals surface area contributed by atoms with Crippen molar-refractivity contribution in [2.24, 2.45) is 5.92 Å². The quantitative estimate of drug-likeness (QED) is 0.781. The fourth-order valence-electron chi connectivity index (χ4n) is 4.46. The minimum absolute atomic E-state index is 0.163. The highest BCUT2D eigenvalue weighted by atomic mass is 19.1. The number of fused-ring (bicyclic) bond motifs is 1. The number of aromatic hydroxyl groups is 1. The van der Waals surface area contributed by atoms with Crippen molar-refractivity contribution in [2.75, 3.05) is 20.2 Å². The monoisotopic (exact) mass is 412 g/mol. The molecule has 2 aromatic carbocycles. The van der Waals surface area contributed by atoms with Gasteiger partial charge in [-0.2, -0.15) is 0 Å². The summed E-state index contributed by atoms with van der Waals surface area (Å²) in [5.74, 6) is -2.97. The lowest BCUT2D eigenvalue weighted by molar-refractivity contribution is -0.147. The van der Waals surface area contributed by atoms with E-state index < -0.39 is 35.7 Å². The number of nitrogens with zero attached hydrogens (tertiary/aromatic N) is 2. The molecule has 0 radical (unpaired) electrons. The van der Waals surface area contributed by atoms with E-state index >= 15 is 0 Å². The van der Waals surface area contributed by atoms with Crippen LogP contribution in [0.1, 0.15) is 28.4 Å². The summed E-state index contributed by atoms with van der Waals surface area (Å²) < 4.78 is 19.1. The number of esters is 1. The third kappa shape index (κ3) is 3.38. The van der Waals surface area contributed by atoms with Crippen LogP contribution in [0, 0.1) is 11.7 Å². The van der Waals surface area contributed by atoms with Gasteiger partial charge in [0.05, 0.1) is 30.7 Å². The van der Waals surface area contributed by atoms with E-state index in [-0.39, 0.29) is 30.3 Å². The second-order valence-electron chi connectivity index (χ2n) is 7.53. The standard InChI is InChI=1S/C22H21FN2O5/c1-30-22(29)17-9-14-11-24(21(28)16-10-15(26)7-8-18(16)23)12-19(27)25(14)20(17)13-5-3-2-4-6-13/h2-8,10,14,17,20,26H,9,11-12H2,1H3/t14-,17-,20-/m0/s1. The van der Waals surface area contributed by atoms with Gasteiger partial charge < -0.3 is 19.6 Å². The molecule has 2 amide bonds. The van der Waals surface area contributed by atoms with Crippen molar-refractivity contribution < 1.29 is 28.6 Å². The maximum absolute atomic E-state index is 14.1. The van der Waals surface area contributed by atoms with Crippen molar-refractivity contribution in [1.29, 1.82) is 0 Å². The van der Waals surface area contributed by atoms with Crippen LogP contribution >= 0.6 is 0 Å². The number of halogens is 1. The van der Waals surface area contributed by atoms with E-state index in [9.17, 15) is 23.9 Å². The van der Waals surface area contributed by atoms with Gasteiger partial charge in [0.1, 0.15) is 18.1 Å². The average Bonchev–Trinajstić information content (AvgIpc) is 3.15. The van der Waals surface area contributed by atoms with Gasteiger partial charge in [0.15, 0.2) is 0 Å². The van der Waals surface area contributed by atoms with Gasteiger partial charge in [0.25, 0.3) is 5.91 Å². The molecule has 2 fully saturated rings. The fraction of sp³-hybridized carbons (Fsp3) is 0.318. The number of phenols is 1. The molecule has 2 saturated heterocycles. The summed E-state index contributed by atoms with van der Waals surface area (Å²) in [5.41, 5.74) is 0.529. The maximum atomic E-state index is 14.1. The number of benzene rings is 2. The van der Waals surface area contributed by atoms with Crippen LogP contribution in [-0.2, 0) is 14.3 Å². The summed E-state index contributed by atoms with van der Waals surface area (Å²) in [6, 6.07) is 11.6. The Labute approximate surface area is 172 Å². The largest absolute Gasteiger partial charge is 0.508 e. The number of hydrogen-bond acceptors (Lipinski definition) is 5. The second kappa shape index (κ2) is 7.78. The van der Waals surface area contributed by atoms with Gasteiger partial charge in [-0.05, 0) is 30.2 Å². The Morgan fingerprint density at radius 1 is 1.17 bits per heavy atom. The van der Waals surface area contributed by atoms with E-state index in [0.29, 0.717) is 6.42 Å². The van der Waals surface area contributed by atoms with Crippen molar-refractivity contribution >= 4 is 17.8 Å². The minimum atomic E-state index is -0.770. The van der Waals surface area contributed by atoms with E-state index in [1.807, 2.05) is 30.3 Å². The van der Waals surface area contributed by atoms with E-state index in [0.717, 1.165) is 23.8 Å². The third-order valence-corrected chi connectivity index (χ3v) is 5.76. The zero-order chi connectivity index (χ0) is 21.4. The first-order valence-electron chi connectivity index (χ1n) is 9.62. The Bertz CT molecular complexity index is 996. The van der Waals surface area contributed by atoms with Gasteiger partial charge in [-0.3, -0.25) is 14.4 Å². The van der Waals surface area contributed by atoms with E-state index in [2.05, 4.69) is 0 Å². The van der Waals surface area contributed by atoms with E-state index in [4.69, 9.17) is 4.74 Å². The summed E-state index contributed by atoms with van der Waals surface area (Å²) >= 11 is 0. The van der Waals surface area contributed by atoms with Crippen LogP contribution in [0.25, 0.3) is 0 Å². The average molecular weight is 412 g/mol. The molecule has 8 heteroatoms. The molecule has 1 N–H and O–H groups in total. The van der Waals surface area contributed by atoms with Gasteiger partial charge in [0, 0.05) is 6.54 Å². The number of piperazine rings is 1. The molecule has 2 heterocycles. The highest BCUT2D eigenvalue weighted by Gasteiger charge is 2.51. The summed E-state index contributed by atoms with van der Waals surface area (Å²) in [6.45, 7) is -0.0713. The summed E-state index contributed by atoms with van der Waals surface area (Å²) in [4.78, 5) is 41.3. The molecule has 2 aliphatic heterocycles. The SMILES string of the molecule is COC(=O)[C@H]1C[C@H]2CN(C(=O)c3cc(O)ccc3F)CC(=O)N2[C@H]1c1ccccc1. The first kappa shape index (κ1) is 19.9. The minimum Gasteiger partial charge on any atom is -0.508 e. The van der Waals surface area contributed by atoms with Crippen molar-refractivity contribution in [3.05, 3.63) is 65.5 Å². The van der Waals surface area contributed by atoms with Gasteiger partial charge in [0.2, 0.25) is 5.91 Å². The molecular formula is C22H21FN2O5. The van der Waals surface area contributed by atoms with Crippen molar-refractivity contribution in [3.8, 4) is 5.75 Å². The number of methoxy groups -OCH3 is 1. The van der Waals surface area contributed by atoms with Crippen molar-refractivity contribution in [1.82, 2.24) is 9.80 Å². The Hall–Kier alpha value is -3.42. The molecule has 156 valence electrons. The van der Waals surface area contributed by atoms with E-state index in [1.54, 1.807) is 4.90 Å². The van der Waals surface area contributed by atoms with Crippen LogP contribution in [0.15, 0.2) is 48.5 Å².